The lowest BCUT2D eigenvalue weighted by molar-refractivity contribution is -0.143. The summed E-state index contributed by atoms with van der Waals surface area (Å²) in [5.41, 5.74) is 3.90. The highest BCUT2D eigenvalue weighted by molar-refractivity contribution is 5.87. The van der Waals surface area contributed by atoms with Gasteiger partial charge in [-0.3, -0.25) is 9.59 Å². The Morgan fingerprint density at radius 1 is 1.19 bits per heavy atom. The number of nitrogens with one attached hydrogen (secondary N) is 1. The molecule has 6 nitrogen and oxygen atoms in total. The summed E-state index contributed by atoms with van der Waals surface area (Å²) in [6, 6.07) is 12.1. The molecule has 1 atom stereocenters. The lowest BCUT2D eigenvalue weighted by Gasteiger charge is -2.25. The summed E-state index contributed by atoms with van der Waals surface area (Å²) >= 11 is 0. The molecule has 3 aromatic rings. The summed E-state index contributed by atoms with van der Waals surface area (Å²) in [5.74, 6) is -0.193. The fourth-order valence-corrected chi connectivity index (χ4v) is 4.31. The zero-order valence-electron chi connectivity index (χ0n) is 18.3. The molecule has 0 unspecified atom stereocenters. The van der Waals surface area contributed by atoms with Gasteiger partial charge in [-0.2, -0.15) is 0 Å². The number of esters is 1. The highest BCUT2D eigenvalue weighted by Gasteiger charge is 2.27. The predicted octanol–water partition coefficient (Wildman–Crippen LogP) is 3.70. The summed E-state index contributed by atoms with van der Waals surface area (Å²) in [7, 11) is 0. The van der Waals surface area contributed by atoms with E-state index in [9.17, 15) is 14.0 Å². The van der Waals surface area contributed by atoms with Crippen LogP contribution >= 0.6 is 0 Å². The number of halogens is 1. The lowest BCUT2D eigenvalue weighted by atomic mass is 9.91. The molecule has 0 radical (unpaired) electrons. The van der Waals surface area contributed by atoms with Crippen molar-refractivity contribution in [3.8, 4) is 5.75 Å². The molecule has 7 heteroatoms. The Morgan fingerprint density at radius 3 is 2.72 bits per heavy atom. The molecule has 2 aromatic carbocycles. The van der Waals surface area contributed by atoms with Crippen LogP contribution in [0.2, 0.25) is 0 Å². The summed E-state index contributed by atoms with van der Waals surface area (Å²) in [6.07, 6.45) is 1.97. The second kappa shape index (κ2) is 9.42. The van der Waals surface area contributed by atoms with E-state index >= 15 is 0 Å². The molecule has 32 heavy (non-hydrogen) atoms. The molecule has 1 aromatic heterocycles. The van der Waals surface area contributed by atoms with Gasteiger partial charge in [0.2, 0.25) is 0 Å². The maximum Gasteiger partial charge on any atom is 0.325 e. The number of hydrogen-bond donors (Lipinski definition) is 1. The van der Waals surface area contributed by atoms with E-state index in [2.05, 4.69) is 5.32 Å². The largest absolute Gasteiger partial charge is 0.484 e. The smallest absolute Gasteiger partial charge is 0.325 e. The molecule has 0 aliphatic heterocycles. The summed E-state index contributed by atoms with van der Waals surface area (Å²) in [4.78, 5) is 24.6. The van der Waals surface area contributed by atoms with Crippen LogP contribution in [-0.4, -0.2) is 35.7 Å². The van der Waals surface area contributed by atoms with Crippen molar-refractivity contribution in [2.45, 2.75) is 45.7 Å². The van der Waals surface area contributed by atoms with Gasteiger partial charge in [-0.05, 0) is 69.0 Å². The second-order valence-corrected chi connectivity index (χ2v) is 8.09. The lowest BCUT2D eigenvalue weighted by Crippen LogP contribution is -2.41. The van der Waals surface area contributed by atoms with E-state index in [1.807, 2.05) is 35.8 Å². The Morgan fingerprint density at radius 2 is 1.97 bits per heavy atom. The minimum Gasteiger partial charge on any atom is -0.484 e. The van der Waals surface area contributed by atoms with Gasteiger partial charge in [-0.1, -0.05) is 17.7 Å². The van der Waals surface area contributed by atoms with Gasteiger partial charge in [0.05, 0.1) is 6.61 Å². The normalized spacial score (nSPS) is 15.3. The third-order valence-corrected chi connectivity index (χ3v) is 5.78. The van der Waals surface area contributed by atoms with Crippen LogP contribution in [0, 0.1) is 12.7 Å². The van der Waals surface area contributed by atoms with Crippen LogP contribution in [0.4, 0.5) is 4.39 Å². The molecular weight excluding hydrogens is 411 g/mol. The number of aryl methyl sites for hydroxylation is 1. The molecule has 1 amide bonds. The van der Waals surface area contributed by atoms with Gasteiger partial charge in [0.15, 0.2) is 6.61 Å². The van der Waals surface area contributed by atoms with Crippen molar-refractivity contribution in [3.63, 3.8) is 0 Å². The van der Waals surface area contributed by atoms with E-state index in [1.165, 1.54) is 12.1 Å². The molecule has 0 spiro atoms. The van der Waals surface area contributed by atoms with E-state index < -0.39 is 0 Å². The van der Waals surface area contributed by atoms with Crippen LogP contribution in [0.15, 0.2) is 42.5 Å². The molecule has 0 saturated heterocycles. The van der Waals surface area contributed by atoms with E-state index in [-0.39, 0.29) is 36.9 Å². The van der Waals surface area contributed by atoms with Gasteiger partial charge < -0.3 is 19.4 Å². The second-order valence-electron chi connectivity index (χ2n) is 8.09. The number of benzene rings is 2. The minimum atomic E-state index is -0.328. The fraction of sp³-hybridized carbons (Fsp3) is 0.360. The molecule has 0 saturated carbocycles. The summed E-state index contributed by atoms with van der Waals surface area (Å²) < 4.78 is 26.6. The Labute approximate surface area is 186 Å². The highest BCUT2D eigenvalue weighted by atomic mass is 19.1. The van der Waals surface area contributed by atoms with Gasteiger partial charge in [0, 0.05) is 22.6 Å². The number of nitrogens with zero attached hydrogens (tertiary/aromatic N) is 1. The maximum absolute atomic E-state index is 14.0. The quantitative estimate of drug-likeness (QED) is 0.571. The van der Waals surface area contributed by atoms with Crippen molar-refractivity contribution in [1.82, 2.24) is 9.88 Å². The zero-order chi connectivity index (χ0) is 22.7. The van der Waals surface area contributed by atoms with Crippen LogP contribution < -0.4 is 10.1 Å². The number of carbonyl (C=O) groups excluding carboxylic acids is 2. The molecule has 1 N–H and O–H groups in total. The maximum atomic E-state index is 14.0. The van der Waals surface area contributed by atoms with Gasteiger partial charge in [0.1, 0.15) is 18.1 Å². The average molecular weight is 438 g/mol. The number of amides is 1. The average Bonchev–Trinajstić information content (AvgIpc) is 3.06. The molecule has 1 aliphatic rings. The third kappa shape index (κ3) is 4.77. The SMILES string of the molecule is CCOC(=O)Cn1c2c(c3cc(F)ccc31)C[C@H](NC(=O)COc1ccc(C)cc1)CC2. The van der Waals surface area contributed by atoms with Gasteiger partial charge in [-0.15, -0.1) is 0 Å². The summed E-state index contributed by atoms with van der Waals surface area (Å²) in [6.45, 7) is 4.10. The molecule has 168 valence electrons. The Kier molecular flexibility index (Phi) is 6.44. The number of carbonyl (C=O) groups is 2. The van der Waals surface area contributed by atoms with Crippen LogP contribution in [0.3, 0.4) is 0 Å². The van der Waals surface area contributed by atoms with Crippen LogP contribution in [0.25, 0.3) is 10.9 Å². The van der Waals surface area contributed by atoms with E-state index in [1.54, 1.807) is 13.0 Å². The van der Waals surface area contributed by atoms with Crippen molar-refractivity contribution in [3.05, 3.63) is 65.1 Å². The standard InChI is InChI=1S/C25H27FN2O4/c1-3-31-25(30)14-28-22-10-6-17(26)12-20(22)21-13-18(7-11-23(21)28)27-24(29)15-32-19-8-4-16(2)5-9-19/h4-6,8-10,12,18H,3,7,11,13-15H2,1-2H3,(H,27,29)/t18-/m1/s1. The number of rotatable bonds is 7. The van der Waals surface area contributed by atoms with Crippen molar-refractivity contribution in [1.29, 1.82) is 0 Å². The van der Waals surface area contributed by atoms with Crippen LogP contribution in [0.5, 0.6) is 5.75 Å². The number of ether oxygens (including phenoxy) is 2. The zero-order valence-corrected chi connectivity index (χ0v) is 18.3. The molecule has 4 rings (SSSR count). The molecular formula is C25H27FN2O4. The van der Waals surface area contributed by atoms with Crippen molar-refractivity contribution < 1.29 is 23.5 Å². The first-order valence-electron chi connectivity index (χ1n) is 10.9. The number of fused-ring (bicyclic) bond motifs is 3. The molecule has 0 bridgehead atoms. The van der Waals surface area contributed by atoms with E-state index in [4.69, 9.17) is 9.47 Å². The first-order chi connectivity index (χ1) is 15.4. The highest BCUT2D eigenvalue weighted by Crippen LogP contribution is 2.33. The van der Waals surface area contributed by atoms with Gasteiger partial charge in [-0.25, -0.2) is 4.39 Å². The van der Waals surface area contributed by atoms with Crippen LogP contribution in [-0.2, 0) is 33.7 Å². The fourth-order valence-electron chi connectivity index (χ4n) is 4.31. The Hall–Kier alpha value is -3.35. The van der Waals surface area contributed by atoms with Gasteiger partial charge in [0.25, 0.3) is 5.91 Å². The van der Waals surface area contributed by atoms with Gasteiger partial charge >= 0.3 is 5.97 Å². The monoisotopic (exact) mass is 438 g/mol. The van der Waals surface area contributed by atoms with E-state index in [0.717, 1.165) is 34.1 Å². The molecule has 1 aliphatic carbocycles. The minimum absolute atomic E-state index is 0.0638. The Bertz CT molecular complexity index is 1140. The van der Waals surface area contributed by atoms with Crippen molar-refractivity contribution in [2.24, 2.45) is 0 Å². The summed E-state index contributed by atoms with van der Waals surface area (Å²) in [5, 5.41) is 3.81. The van der Waals surface area contributed by atoms with Crippen molar-refractivity contribution >= 4 is 22.8 Å². The molecule has 0 fully saturated rings. The number of hydrogen-bond acceptors (Lipinski definition) is 4. The molecule has 1 heterocycles. The Balaban J connectivity index is 1.48. The topological polar surface area (TPSA) is 69.6 Å². The predicted molar refractivity (Wildman–Crippen MR) is 119 cm³/mol. The van der Waals surface area contributed by atoms with E-state index in [0.29, 0.717) is 25.2 Å². The first-order valence-corrected chi connectivity index (χ1v) is 10.9. The number of aromatic nitrogens is 1. The third-order valence-electron chi connectivity index (χ3n) is 5.78. The van der Waals surface area contributed by atoms with Crippen LogP contribution in [0.1, 0.15) is 30.2 Å². The first kappa shape index (κ1) is 21.9. The van der Waals surface area contributed by atoms with Crippen molar-refractivity contribution in [2.75, 3.05) is 13.2 Å².